The lowest BCUT2D eigenvalue weighted by Crippen LogP contribution is -2.48. The second kappa shape index (κ2) is 7.64. The third-order valence-electron chi connectivity index (χ3n) is 4.33. The van der Waals surface area contributed by atoms with Gasteiger partial charge in [0.25, 0.3) is 5.91 Å². The number of piperazine rings is 1. The van der Waals surface area contributed by atoms with E-state index in [1.165, 1.54) is 18.2 Å². The van der Waals surface area contributed by atoms with Gasteiger partial charge in [-0.3, -0.25) is 9.69 Å². The SMILES string of the molecule is N#Cc1ccc(CN2CCN(C(=O)c3c(F)cccc3Cl)CC2)cc1. The van der Waals surface area contributed by atoms with Crippen LogP contribution in [0.4, 0.5) is 4.39 Å². The van der Waals surface area contributed by atoms with Crippen LogP contribution in [0.2, 0.25) is 5.02 Å². The lowest BCUT2D eigenvalue weighted by Gasteiger charge is -2.35. The first kappa shape index (κ1) is 17.4. The molecule has 1 aliphatic heterocycles. The summed E-state index contributed by atoms with van der Waals surface area (Å²) in [4.78, 5) is 16.4. The molecule has 0 aromatic heterocycles. The van der Waals surface area contributed by atoms with Gasteiger partial charge in [0.15, 0.2) is 0 Å². The average Bonchev–Trinajstić information content (AvgIpc) is 2.63. The molecule has 3 rings (SSSR count). The molecule has 0 unspecified atom stereocenters. The smallest absolute Gasteiger partial charge is 0.258 e. The number of benzene rings is 2. The molecule has 25 heavy (non-hydrogen) atoms. The topological polar surface area (TPSA) is 47.3 Å². The van der Waals surface area contributed by atoms with E-state index in [0.29, 0.717) is 31.7 Å². The Labute approximate surface area is 151 Å². The van der Waals surface area contributed by atoms with Gasteiger partial charge in [-0.2, -0.15) is 5.26 Å². The zero-order chi connectivity index (χ0) is 17.8. The Kier molecular flexibility index (Phi) is 5.32. The van der Waals surface area contributed by atoms with Crippen molar-refractivity contribution in [2.24, 2.45) is 0 Å². The van der Waals surface area contributed by atoms with Crippen molar-refractivity contribution in [3.63, 3.8) is 0 Å². The van der Waals surface area contributed by atoms with Crippen LogP contribution in [0.3, 0.4) is 0 Å². The van der Waals surface area contributed by atoms with Crippen LogP contribution in [-0.4, -0.2) is 41.9 Å². The Morgan fingerprint density at radius 3 is 2.40 bits per heavy atom. The van der Waals surface area contributed by atoms with E-state index >= 15 is 0 Å². The van der Waals surface area contributed by atoms with Gasteiger partial charge in [-0.15, -0.1) is 0 Å². The summed E-state index contributed by atoms with van der Waals surface area (Å²) in [5.74, 6) is -0.946. The van der Waals surface area contributed by atoms with Crippen molar-refractivity contribution >= 4 is 17.5 Å². The summed E-state index contributed by atoms with van der Waals surface area (Å²) >= 11 is 5.98. The highest BCUT2D eigenvalue weighted by molar-refractivity contribution is 6.33. The number of carbonyl (C=O) groups excluding carboxylic acids is 1. The van der Waals surface area contributed by atoms with Crippen molar-refractivity contribution in [1.29, 1.82) is 5.26 Å². The predicted octanol–water partition coefficient (Wildman–Crippen LogP) is 3.31. The van der Waals surface area contributed by atoms with E-state index in [2.05, 4.69) is 11.0 Å². The van der Waals surface area contributed by atoms with Crippen LogP contribution in [0, 0.1) is 17.1 Å². The molecule has 6 heteroatoms. The first-order chi connectivity index (χ1) is 12.1. The molecule has 0 saturated carbocycles. The van der Waals surface area contributed by atoms with Crippen LogP contribution < -0.4 is 0 Å². The molecule has 0 aliphatic carbocycles. The lowest BCUT2D eigenvalue weighted by molar-refractivity contribution is 0.0624. The molecular weight excluding hydrogens is 341 g/mol. The molecular formula is C19H17ClFN3O. The van der Waals surface area contributed by atoms with E-state index in [4.69, 9.17) is 16.9 Å². The number of nitriles is 1. The molecule has 1 amide bonds. The van der Waals surface area contributed by atoms with Crippen LogP contribution in [0.25, 0.3) is 0 Å². The molecule has 2 aromatic carbocycles. The molecule has 0 N–H and O–H groups in total. The highest BCUT2D eigenvalue weighted by Crippen LogP contribution is 2.21. The van der Waals surface area contributed by atoms with Crippen molar-refractivity contribution in [1.82, 2.24) is 9.80 Å². The number of halogens is 2. The van der Waals surface area contributed by atoms with Gasteiger partial charge in [-0.1, -0.05) is 29.8 Å². The van der Waals surface area contributed by atoms with E-state index < -0.39 is 5.82 Å². The monoisotopic (exact) mass is 357 g/mol. The van der Waals surface area contributed by atoms with Gasteiger partial charge < -0.3 is 4.90 Å². The predicted molar refractivity (Wildman–Crippen MR) is 93.7 cm³/mol. The van der Waals surface area contributed by atoms with Gasteiger partial charge >= 0.3 is 0 Å². The molecule has 0 atom stereocenters. The molecule has 1 heterocycles. The fraction of sp³-hybridized carbons (Fsp3) is 0.263. The summed E-state index contributed by atoms with van der Waals surface area (Å²) in [6.07, 6.45) is 0. The molecule has 0 spiro atoms. The first-order valence-electron chi connectivity index (χ1n) is 8.03. The van der Waals surface area contributed by atoms with Crippen molar-refractivity contribution in [2.75, 3.05) is 26.2 Å². The quantitative estimate of drug-likeness (QED) is 0.846. The summed E-state index contributed by atoms with van der Waals surface area (Å²) in [7, 11) is 0. The fourth-order valence-corrected chi connectivity index (χ4v) is 3.16. The Balaban J connectivity index is 1.60. The Bertz CT molecular complexity index is 788. The molecule has 1 saturated heterocycles. The van der Waals surface area contributed by atoms with Crippen LogP contribution >= 0.6 is 11.6 Å². The number of carbonyl (C=O) groups is 1. The molecule has 1 aliphatic rings. The standard InChI is InChI=1S/C19H17ClFN3O/c20-16-2-1-3-17(21)18(16)19(25)24-10-8-23(9-11-24)13-15-6-4-14(12-22)5-7-15/h1-7H,8-11,13H2. The van der Waals surface area contributed by atoms with Gasteiger partial charge in [-0.05, 0) is 29.8 Å². The maximum absolute atomic E-state index is 13.9. The minimum atomic E-state index is -0.586. The molecule has 128 valence electrons. The summed E-state index contributed by atoms with van der Waals surface area (Å²) in [5.41, 5.74) is 1.71. The van der Waals surface area contributed by atoms with E-state index in [0.717, 1.165) is 12.1 Å². The molecule has 4 nitrogen and oxygen atoms in total. The largest absolute Gasteiger partial charge is 0.336 e. The van der Waals surface area contributed by atoms with Gasteiger partial charge in [0.2, 0.25) is 0 Å². The summed E-state index contributed by atoms with van der Waals surface area (Å²) < 4.78 is 13.9. The van der Waals surface area contributed by atoms with Crippen LogP contribution in [0.1, 0.15) is 21.5 Å². The second-order valence-corrected chi connectivity index (χ2v) is 6.38. The molecule has 2 aromatic rings. The van der Waals surface area contributed by atoms with Gasteiger partial charge in [0.1, 0.15) is 5.82 Å². The van der Waals surface area contributed by atoms with Crippen molar-refractivity contribution in [3.05, 3.63) is 70.0 Å². The Hall–Kier alpha value is -2.42. The highest BCUT2D eigenvalue weighted by atomic mass is 35.5. The highest BCUT2D eigenvalue weighted by Gasteiger charge is 2.25. The van der Waals surface area contributed by atoms with E-state index in [-0.39, 0.29) is 16.5 Å². The third kappa shape index (κ3) is 3.98. The maximum Gasteiger partial charge on any atom is 0.258 e. The van der Waals surface area contributed by atoms with E-state index in [1.807, 2.05) is 12.1 Å². The van der Waals surface area contributed by atoms with E-state index in [1.54, 1.807) is 17.0 Å². The zero-order valence-corrected chi connectivity index (χ0v) is 14.3. The molecule has 1 fully saturated rings. The van der Waals surface area contributed by atoms with Crippen molar-refractivity contribution in [3.8, 4) is 6.07 Å². The minimum Gasteiger partial charge on any atom is -0.336 e. The van der Waals surface area contributed by atoms with Crippen LogP contribution in [-0.2, 0) is 6.54 Å². The summed E-state index contributed by atoms with van der Waals surface area (Å²) in [5, 5.41) is 8.97. The van der Waals surface area contributed by atoms with Gasteiger partial charge in [0.05, 0.1) is 22.2 Å². The van der Waals surface area contributed by atoms with Crippen molar-refractivity contribution < 1.29 is 9.18 Å². The van der Waals surface area contributed by atoms with Crippen LogP contribution in [0.5, 0.6) is 0 Å². The number of hydrogen-bond donors (Lipinski definition) is 0. The van der Waals surface area contributed by atoms with Crippen molar-refractivity contribution in [2.45, 2.75) is 6.54 Å². The zero-order valence-electron chi connectivity index (χ0n) is 13.6. The lowest BCUT2D eigenvalue weighted by atomic mass is 10.1. The number of amides is 1. The van der Waals surface area contributed by atoms with Crippen LogP contribution in [0.15, 0.2) is 42.5 Å². The minimum absolute atomic E-state index is 0.0512. The second-order valence-electron chi connectivity index (χ2n) is 5.97. The first-order valence-corrected chi connectivity index (χ1v) is 8.41. The summed E-state index contributed by atoms with van der Waals surface area (Å²) in [6.45, 7) is 3.23. The number of rotatable bonds is 3. The summed E-state index contributed by atoms with van der Waals surface area (Å²) in [6, 6.07) is 13.8. The third-order valence-corrected chi connectivity index (χ3v) is 4.64. The number of nitrogens with zero attached hydrogens (tertiary/aromatic N) is 3. The maximum atomic E-state index is 13.9. The Morgan fingerprint density at radius 1 is 1.12 bits per heavy atom. The van der Waals surface area contributed by atoms with Gasteiger partial charge in [0, 0.05) is 32.7 Å². The normalized spacial score (nSPS) is 15.0. The van der Waals surface area contributed by atoms with Gasteiger partial charge in [-0.25, -0.2) is 4.39 Å². The number of hydrogen-bond acceptors (Lipinski definition) is 3. The fourth-order valence-electron chi connectivity index (χ4n) is 2.91. The van der Waals surface area contributed by atoms with E-state index in [9.17, 15) is 9.18 Å². The molecule has 0 radical (unpaired) electrons. The Morgan fingerprint density at radius 2 is 1.80 bits per heavy atom. The average molecular weight is 358 g/mol. The molecule has 0 bridgehead atoms.